The van der Waals surface area contributed by atoms with Crippen LogP contribution in [0, 0.1) is 5.92 Å². The summed E-state index contributed by atoms with van der Waals surface area (Å²) in [6, 6.07) is -0.123. The van der Waals surface area contributed by atoms with Gasteiger partial charge < -0.3 is 15.6 Å². The molecule has 1 aromatic heterocycles. The maximum absolute atomic E-state index is 12.1. The molecule has 112 valence electrons. The summed E-state index contributed by atoms with van der Waals surface area (Å²) < 4.78 is 2.17. The fourth-order valence-electron chi connectivity index (χ4n) is 2.68. The highest BCUT2D eigenvalue weighted by Crippen LogP contribution is 2.19. The van der Waals surface area contributed by atoms with Gasteiger partial charge in [0.05, 0.1) is 6.04 Å². The molecule has 0 fully saturated rings. The van der Waals surface area contributed by atoms with Crippen molar-refractivity contribution in [3.8, 4) is 0 Å². The fourth-order valence-corrected chi connectivity index (χ4v) is 2.68. The number of aromatic nitrogens is 3. The molecular formula is C14H25N5O. The van der Waals surface area contributed by atoms with E-state index >= 15 is 0 Å². The largest absolute Gasteiger partial charge is 0.346 e. The molecular weight excluding hydrogens is 254 g/mol. The Morgan fingerprint density at radius 2 is 2.20 bits per heavy atom. The highest BCUT2D eigenvalue weighted by atomic mass is 16.2. The van der Waals surface area contributed by atoms with Crippen LogP contribution in [0.5, 0.6) is 0 Å². The lowest BCUT2D eigenvalue weighted by atomic mass is 10.1. The molecule has 0 aromatic carbocycles. The second-order valence-corrected chi connectivity index (χ2v) is 5.51. The second kappa shape index (κ2) is 6.83. The van der Waals surface area contributed by atoms with E-state index in [-0.39, 0.29) is 17.9 Å². The summed E-state index contributed by atoms with van der Waals surface area (Å²) in [5.74, 6) is 1.80. The molecule has 0 saturated carbocycles. The zero-order valence-corrected chi connectivity index (χ0v) is 12.4. The van der Waals surface area contributed by atoms with Crippen LogP contribution in [0.15, 0.2) is 0 Å². The molecule has 2 heterocycles. The third-order valence-electron chi connectivity index (χ3n) is 4.03. The maximum atomic E-state index is 12.1. The maximum Gasteiger partial charge on any atom is 0.224 e. The molecule has 6 heteroatoms. The van der Waals surface area contributed by atoms with Crippen molar-refractivity contribution in [3.05, 3.63) is 11.6 Å². The minimum atomic E-state index is -0.123. The molecule has 3 N–H and O–H groups in total. The van der Waals surface area contributed by atoms with Gasteiger partial charge in [-0.3, -0.25) is 4.79 Å². The van der Waals surface area contributed by atoms with Crippen LogP contribution >= 0.6 is 0 Å². The van der Waals surface area contributed by atoms with E-state index in [2.05, 4.69) is 20.1 Å². The van der Waals surface area contributed by atoms with Crippen LogP contribution < -0.4 is 11.1 Å². The number of carbonyl (C=O) groups is 1. The van der Waals surface area contributed by atoms with E-state index in [0.29, 0.717) is 6.54 Å². The molecule has 0 bridgehead atoms. The molecule has 1 aliphatic rings. The number of nitrogens with one attached hydrogen (secondary N) is 1. The van der Waals surface area contributed by atoms with E-state index < -0.39 is 0 Å². The van der Waals surface area contributed by atoms with Gasteiger partial charge in [0.25, 0.3) is 0 Å². The molecule has 0 spiro atoms. The third kappa shape index (κ3) is 3.17. The first kappa shape index (κ1) is 15.0. The minimum absolute atomic E-state index is 0.00784. The number of amides is 1. The van der Waals surface area contributed by atoms with Crippen LogP contribution in [0.1, 0.15) is 57.2 Å². The molecule has 0 aliphatic carbocycles. The van der Waals surface area contributed by atoms with Crippen molar-refractivity contribution in [2.45, 2.75) is 58.5 Å². The van der Waals surface area contributed by atoms with Crippen LogP contribution in [0.25, 0.3) is 0 Å². The number of rotatable bonds is 5. The van der Waals surface area contributed by atoms with E-state index in [4.69, 9.17) is 5.73 Å². The highest BCUT2D eigenvalue weighted by Gasteiger charge is 2.22. The Balaban J connectivity index is 2.08. The van der Waals surface area contributed by atoms with Crippen LogP contribution in [-0.2, 0) is 17.8 Å². The van der Waals surface area contributed by atoms with Gasteiger partial charge in [0.2, 0.25) is 5.91 Å². The van der Waals surface area contributed by atoms with Gasteiger partial charge in [-0.25, -0.2) is 0 Å². The quantitative estimate of drug-likeness (QED) is 0.847. The van der Waals surface area contributed by atoms with E-state index in [1.54, 1.807) is 0 Å². The molecule has 2 rings (SSSR count). The van der Waals surface area contributed by atoms with Gasteiger partial charge in [-0.2, -0.15) is 0 Å². The second-order valence-electron chi connectivity index (χ2n) is 5.51. The van der Waals surface area contributed by atoms with Gasteiger partial charge in [-0.15, -0.1) is 10.2 Å². The number of nitrogens with zero attached hydrogens (tertiary/aromatic N) is 3. The first-order chi connectivity index (χ1) is 9.67. The number of nitrogens with two attached hydrogens (primary N) is 1. The molecule has 0 saturated heterocycles. The molecule has 2 atom stereocenters. The van der Waals surface area contributed by atoms with Gasteiger partial charge in [0, 0.05) is 25.4 Å². The lowest BCUT2D eigenvalue weighted by Crippen LogP contribution is -2.37. The molecule has 2 unspecified atom stereocenters. The molecule has 0 radical (unpaired) electrons. The van der Waals surface area contributed by atoms with Crippen molar-refractivity contribution < 1.29 is 4.79 Å². The zero-order valence-electron chi connectivity index (χ0n) is 12.4. The summed E-state index contributed by atoms with van der Waals surface area (Å²) in [6.45, 7) is 5.27. The number of aryl methyl sites for hydroxylation is 1. The van der Waals surface area contributed by atoms with E-state index in [0.717, 1.165) is 37.5 Å². The molecule has 6 nitrogen and oxygen atoms in total. The van der Waals surface area contributed by atoms with Gasteiger partial charge in [-0.1, -0.05) is 13.3 Å². The molecule has 1 amide bonds. The van der Waals surface area contributed by atoms with Crippen LogP contribution in [0.4, 0.5) is 0 Å². The molecule has 1 aliphatic heterocycles. The van der Waals surface area contributed by atoms with Crippen molar-refractivity contribution in [2.24, 2.45) is 11.7 Å². The van der Waals surface area contributed by atoms with Crippen molar-refractivity contribution >= 4 is 5.91 Å². The summed E-state index contributed by atoms with van der Waals surface area (Å²) in [5.41, 5.74) is 5.62. The summed E-state index contributed by atoms with van der Waals surface area (Å²) in [5, 5.41) is 11.6. The van der Waals surface area contributed by atoms with Gasteiger partial charge in [0.1, 0.15) is 5.82 Å². The Kier molecular flexibility index (Phi) is 5.11. The number of carbonyl (C=O) groups excluding carboxylic acids is 1. The summed E-state index contributed by atoms with van der Waals surface area (Å²) in [6.07, 6.45) is 5.29. The minimum Gasteiger partial charge on any atom is -0.346 e. The lowest BCUT2D eigenvalue weighted by molar-refractivity contribution is -0.125. The van der Waals surface area contributed by atoms with Crippen molar-refractivity contribution in [3.63, 3.8) is 0 Å². The van der Waals surface area contributed by atoms with Crippen molar-refractivity contribution in [1.29, 1.82) is 0 Å². The molecule has 1 aromatic rings. The smallest absolute Gasteiger partial charge is 0.224 e. The Bertz CT molecular complexity index is 452. The van der Waals surface area contributed by atoms with E-state index in [9.17, 15) is 4.79 Å². The average Bonchev–Trinajstić information content (AvgIpc) is 2.69. The fraction of sp³-hybridized carbons (Fsp3) is 0.786. The number of hydrogen-bond donors (Lipinski definition) is 2. The third-order valence-corrected chi connectivity index (χ3v) is 4.03. The Morgan fingerprint density at radius 3 is 2.90 bits per heavy atom. The summed E-state index contributed by atoms with van der Waals surface area (Å²) >= 11 is 0. The average molecular weight is 279 g/mol. The van der Waals surface area contributed by atoms with Crippen molar-refractivity contribution in [1.82, 2.24) is 20.1 Å². The Morgan fingerprint density at radius 1 is 1.40 bits per heavy atom. The summed E-state index contributed by atoms with van der Waals surface area (Å²) in [7, 11) is 0. The van der Waals surface area contributed by atoms with E-state index in [1.807, 2.05) is 13.8 Å². The van der Waals surface area contributed by atoms with Gasteiger partial charge in [0.15, 0.2) is 5.82 Å². The van der Waals surface area contributed by atoms with Crippen LogP contribution in [0.3, 0.4) is 0 Å². The number of hydrogen-bond acceptors (Lipinski definition) is 4. The predicted molar refractivity (Wildman–Crippen MR) is 77.0 cm³/mol. The topological polar surface area (TPSA) is 85.8 Å². The SMILES string of the molecule is CCC(CN)C(=O)NC(C)c1nnc2n1CCCCC2. The van der Waals surface area contributed by atoms with E-state index in [1.165, 1.54) is 12.8 Å². The van der Waals surface area contributed by atoms with Crippen molar-refractivity contribution in [2.75, 3.05) is 6.54 Å². The normalized spacial score (nSPS) is 17.9. The zero-order chi connectivity index (χ0) is 14.5. The highest BCUT2D eigenvalue weighted by molar-refractivity contribution is 5.79. The van der Waals surface area contributed by atoms with Gasteiger partial charge >= 0.3 is 0 Å². The van der Waals surface area contributed by atoms with Crippen LogP contribution in [-0.4, -0.2) is 27.2 Å². The Labute approximate surface area is 120 Å². The molecule has 20 heavy (non-hydrogen) atoms. The predicted octanol–water partition coefficient (Wildman–Crippen LogP) is 1.17. The Hall–Kier alpha value is -1.43. The lowest BCUT2D eigenvalue weighted by Gasteiger charge is -2.18. The summed E-state index contributed by atoms with van der Waals surface area (Å²) in [4.78, 5) is 12.1. The van der Waals surface area contributed by atoms with Gasteiger partial charge in [-0.05, 0) is 26.2 Å². The first-order valence-electron chi connectivity index (χ1n) is 7.59. The van der Waals surface area contributed by atoms with Crippen LogP contribution in [0.2, 0.25) is 0 Å². The monoisotopic (exact) mass is 279 g/mol. The standard InChI is InChI=1S/C14H25N5O/c1-3-11(9-15)14(20)16-10(2)13-18-17-12-7-5-4-6-8-19(12)13/h10-11H,3-9,15H2,1-2H3,(H,16,20). The number of fused-ring (bicyclic) bond motifs is 1. The first-order valence-corrected chi connectivity index (χ1v) is 7.59.